The van der Waals surface area contributed by atoms with E-state index in [-0.39, 0.29) is 18.0 Å². The van der Waals surface area contributed by atoms with Gasteiger partial charge in [-0.1, -0.05) is 26.0 Å². The van der Waals surface area contributed by atoms with Crippen LogP contribution in [0.2, 0.25) is 0 Å². The normalized spacial score (nSPS) is 25.9. The van der Waals surface area contributed by atoms with Crippen LogP contribution in [0.25, 0.3) is 0 Å². The summed E-state index contributed by atoms with van der Waals surface area (Å²) in [5.74, 6) is 0.676. The van der Waals surface area contributed by atoms with Gasteiger partial charge in [0.1, 0.15) is 0 Å². The number of morpholine rings is 1. The number of amides is 1. The smallest absolute Gasteiger partial charge is 0.254 e. The number of benzene rings is 1. The van der Waals surface area contributed by atoms with E-state index in [1.807, 2.05) is 17.0 Å². The minimum Gasteiger partial charge on any atom is -0.377 e. The van der Waals surface area contributed by atoms with Gasteiger partial charge in [0.15, 0.2) is 0 Å². The summed E-state index contributed by atoms with van der Waals surface area (Å²) in [7, 11) is 0. The lowest BCUT2D eigenvalue weighted by Gasteiger charge is -2.34. The molecule has 0 radical (unpaired) electrons. The van der Waals surface area contributed by atoms with Gasteiger partial charge in [-0.25, -0.2) is 0 Å². The Kier molecular flexibility index (Phi) is 3.31. The molecule has 2 bridgehead atoms. The highest BCUT2D eigenvalue weighted by Crippen LogP contribution is 2.30. The molecule has 1 aromatic rings. The summed E-state index contributed by atoms with van der Waals surface area (Å²) in [5, 5.41) is 0. The van der Waals surface area contributed by atoms with E-state index in [0.717, 1.165) is 18.4 Å². The molecule has 0 spiro atoms. The number of hydrogen-bond donors (Lipinski definition) is 0. The van der Waals surface area contributed by atoms with E-state index >= 15 is 0 Å². The Hall–Kier alpha value is -1.35. The van der Waals surface area contributed by atoms with E-state index in [1.165, 1.54) is 5.56 Å². The summed E-state index contributed by atoms with van der Waals surface area (Å²) < 4.78 is 5.53. The lowest BCUT2D eigenvalue weighted by Crippen LogP contribution is -2.49. The number of ether oxygens (including phenoxy) is 1. The SMILES string of the molecule is CC(C)c1ccc(C(=O)N2C3CCC2COC3)cc1. The fourth-order valence-corrected chi connectivity index (χ4v) is 3.12. The monoisotopic (exact) mass is 259 g/mol. The van der Waals surface area contributed by atoms with Crippen molar-refractivity contribution < 1.29 is 9.53 Å². The number of nitrogens with zero attached hydrogens (tertiary/aromatic N) is 1. The molecular formula is C16H21NO2. The summed E-state index contributed by atoms with van der Waals surface area (Å²) in [5.41, 5.74) is 2.09. The zero-order chi connectivity index (χ0) is 13.4. The van der Waals surface area contributed by atoms with Crippen LogP contribution >= 0.6 is 0 Å². The highest BCUT2D eigenvalue weighted by Gasteiger charge is 2.40. The average molecular weight is 259 g/mol. The van der Waals surface area contributed by atoms with Crippen molar-refractivity contribution >= 4 is 5.91 Å². The molecule has 3 heteroatoms. The van der Waals surface area contributed by atoms with Gasteiger partial charge in [-0.3, -0.25) is 4.79 Å². The van der Waals surface area contributed by atoms with Crippen molar-refractivity contribution in [2.75, 3.05) is 13.2 Å². The van der Waals surface area contributed by atoms with E-state index in [0.29, 0.717) is 19.1 Å². The van der Waals surface area contributed by atoms with Crippen LogP contribution in [0.5, 0.6) is 0 Å². The fraction of sp³-hybridized carbons (Fsp3) is 0.562. The molecule has 102 valence electrons. The molecule has 1 amide bonds. The first-order chi connectivity index (χ1) is 9.16. The summed E-state index contributed by atoms with van der Waals surface area (Å²) in [6.45, 7) is 5.73. The molecular weight excluding hydrogens is 238 g/mol. The summed E-state index contributed by atoms with van der Waals surface area (Å²) >= 11 is 0. The first-order valence-corrected chi connectivity index (χ1v) is 7.17. The van der Waals surface area contributed by atoms with Crippen LogP contribution in [-0.2, 0) is 4.74 Å². The van der Waals surface area contributed by atoms with Gasteiger partial charge in [-0.05, 0) is 36.5 Å². The van der Waals surface area contributed by atoms with Crippen molar-refractivity contribution in [1.82, 2.24) is 4.90 Å². The Morgan fingerprint density at radius 2 is 1.74 bits per heavy atom. The van der Waals surface area contributed by atoms with Gasteiger partial charge in [0.25, 0.3) is 5.91 Å². The van der Waals surface area contributed by atoms with Crippen LogP contribution in [0.4, 0.5) is 0 Å². The second-order valence-corrected chi connectivity index (χ2v) is 5.91. The third kappa shape index (κ3) is 2.27. The molecule has 2 heterocycles. The highest BCUT2D eigenvalue weighted by molar-refractivity contribution is 5.95. The molecule has 2 saturated heterocycles. The Balaban J connectivity index is 1.80. The molecule has 19 heavy (non-hydrogen) atoms. The minimum absolute atomic E-state index is 0.172. The van der Waals surface area contributed by atoms with Gasteiger partial charge in [0.05, 0.1) is 25.3 Å². The first-order valence-electron chi connectivity index (χ1n) is 7.17. The fourth-order valence-electron chi connectivity index (χ4n) is 3.12. The zero-order valence-electron chi connectivity index (χ0n) is 11.6. The molecule has 2 unspecified atom stereocenters. The van der Waals surface area contributed by atoms with Crippen LogP contribution in [0.1, 0.15) is 48.5 Å². The van der Waals surface area contributed by atoms with Crippen LogP contribution < -0.4 is 0 Å². The third-order valence-corrected chi connectivity index (χ3v) is 4.30. The Morgan fingerprint density at radius 1 is 1.16 bits per heavy atom. The number of rotatable bonds is 2. The number of fused-ring (bicyclic) bond motifs is 2. The molecule has 2 fully saturated rings. The van der Waals surface area contributed by atoms with Crippen molar-refractivity contribution in [3.8, 4) is 0 Å². The Labute approximate surface area is 114 Å². The first kappa shape index (κ1) is 12.7. The molecule has 0 aromatic heterocycles. The molecule has 0 saturated carbocycles. The Morgan fingerprint density at radius 3 is 2.26 bits per heavy atom. The van der Waals surface area contributed by atoms with Gasteiger partial charge in [0, 0.05) is 5.56 Å². The van der Waals surface area contributed by atoms with Crippen LogP contribution in [0, 0.1) is 0 Å². The van der Waals surface area contributed by atoms with Crippen molar-refractivity contribution in [2.24, 2.45) is 0 Å². The summed E-state index contributed by atoms with van der Waals surface area (Å²) in [6, 6.07) is 8.65. The second kappa shape index (κ2) is 4.97. The molecule has 2 aliphatic heterocycles. The van der Waals surface area contributed by atoms with Crippen molar-refractivity contribution in [1.29, 1.82) is 0 Å². The van der Waals surface area contributed by atoms with Crippen molar-refractivity contribution in [3.05, 3.63) is 35.4 Å². The Bertz CT molecular complexity index is 450. The zero-order valence-corrected chi connectivity index (χ0v) is 11.6. The maximum atomic E-state index is 12.6. The van der Waals surface area contributed by atoms with E-state index in [9.17, 15) is 4.79 Å². The minimum atomic E-state index is 0.172. The summed E-state index contributed by atoms with van der Waals surface area (Å²) in [4.78, 5) is 14.7. The highest BCUT2D eigenvalue weighted by atomic mass is 16.5. The largest absolute Gasteiger partial charge is 0.377 e. The van der Waals surface area contributed by atoms with E-state index in [2.05, 4.69) is 26.0 Å². The van der Waals surface area contributed by atoms with Crippen LogP contribution in [0.15, 0.2) is 24.3 Å². The van der Waals surface area contributed by atoms with Crippen molar-refractivity contribution in [3.63, 3.8) is 0 Å². The molecule has 0 N–H and O–H groups in total. The maximum Gasteiger partial charge on any atom is 0.254 e. The maximum absolute atomic E-state index is 12.6. The predicted molar refractivity (Wildman–Crippen MR) is 74.3 cm³/mol. The topological polar surface area (TPSA) is 29.5 Å². The van der Waals surface area contributed by atoms with E-state index < -0.39 is 0 Å². The molecule has 2 aliphatic rings. The second-order valence-electron chi connectivity index (χ2n) is 5.91. The average Bonchev–Trinajstić information content (AvgIpc) is 2.67. The van der Waals surface area contributed by atoms with Gasteiger partial charge in [-0.15, -0.1) is 0 Å². The molecule has 1 aromatic carbocycles. The summed E-state index contributed by atoms with van der Waals surface area (Å²) in [6.07, 6.45) is 2.17. The quantitative estimate of drug-likeness (QED) is 0.817. The predicted octanol–water partition coefficient (Wildman–Crippen LogP) is 2.81. The lowest BCUT2D eigenvalue weighted by atomic mass is 10.0. The van der Waals surface area contributed by atoms with Gasteiger partial charge in [-0.2, -0.15) is 0 Å². The number of hydrogen-bond acceptors (Lipinski definition) is 2. The molecule has 3 rings (SSSR count). The standard InChI is InChI=1S/C16H21NO2/c1-11(2)12-3-5-13(6-4-12)16(18)17-14-7-8-15(17)10-19-9-14/h3-6,11,14-15H,7-10H2,1-2H3. The molecule has 2 atom stereocenters. The molecule has 3 nitrogen and oxygen atoms in total. The third-order valence-electron chi connectivity index (χ3n) is 4.30. The number of carbonyl (C=O) groups excluding carboxylic acids is 1. The molecule has 0 aliphatic carbocycles. The lowest BCUT2D eigenvalue weighted by molar-refractivity contribution is -0.00715. The van der Waals surface area contributed by atoms with Crippen LogP contribution in [-0.4, -0.2) is 36.1 Å². The van der Waals surface area contributed by atoms with E-state index in [1.54, 1.807) is 0 Å². The van der Waals surface area contributed by atoms with E-state index in [4.69, 9.17) is 4.74 Å². The van der Waals surface area contributed by atoms with Gasteiger partial charge < -0.3 is 9.64 Å². The van der Waals surface area contributed by atoms with Gasteiger partial charge >= 0.3 is 0 Å². The number of carbonyl (C=O) groups is 1. The van der Waals surface area contributed by atoms with Gasteiger partial charge in [0.2, 0.25) is 0 Å². The van der Waals surface area contributed by atoms with Crippen molar-refractivity contribution in [2.45, 2.75) is 44.7 Å². The van der Waals surface area contributed by atoms with Crippen LogP contribution in [0.3, 0.4) is 0 Å².